The van der Waals surface area contributed by atoms with Gasteiger partial charge in [-0.3, -0.25) is 4.79 Å². The predicted octanol–water partition coefficient (Wildman–Crippen LogP) is 5.21. The second kappa shape index (κ2) is 19.2. The lowest BCUT2D eigenvalue weighted by Gasteiger charge is -2.50. The summed E-state index contributed by atoms with van der Waals surface area (Å²) in [7, 11) is 3.22. The lowest BCUT2D eigenvalue weighted by Crippen LogP contribution is -2.58. The molecule has 61 heavy (non-hydrogen) atoms. The van der Waals surface area contributed by atoms with Crippen molar-refractivity contribution < 1.29 is 67.5 Å². The van der Waals surface area contributed by atoms with Crippen molar-refractivity contribution in [2.45, 2.75) is 198 Å². The van der Waals surface area contributed by atoms with Crippen molar-refractivity contribution in [1.29, 1.82) is 0 Å². The summed E-state index contributed by atoms with van der Waals surface area (Å²) in [4.78, 5) is 14.3. The number of allylic oxidation sites excluding steroid dienone is 2. The fourth-order valence-electron chi connectivity index (χ4n) is 10.8. The van der Waals surface area contributed by atoms with E-state index < -0.39 is 90.8 Å². The molecule has 3 N–H and O–H groups in total. The summed E-state index contributed by atoms with van der Waals surface area (Å²) in [5.41, 5.74) is 0.184. The fraction of sp³-hybridized carbons (Fsp3) is 0.809. The molecule has 14 heteroatoms. The Morgan fingerprint density at radius 1 is 0.885 bits per heavy atom. The van der Waals surface area contributed by atoms with Crippen molar-refractivity contribution in [2.24, 2.45) is 23.7 Å². The minimum Gasteiger partial charge on any atom is -0.462 e. The van der Waals surface area contributed by atoms with E-state index in [0.29, 0.717) is 55.6 Å². The molecule has 344 valence electrons. The van der Waals surface area contributed by atoms with Crippen LogP contribution in [0.5, 0.6) is 0 Å². The van der Waals surface area contributed by atoms with E-state index in [0.717, 1.165) is 12.0 Å². The van der Waals surface area contributed by atoms with Gasteiger partial charge in [-0.25, -0.2) is 0 Å². The Morgan fingerprint density at radius 3 is 2.31 bits per heavy atom. The van der Waals surface area contributed by atoms with Crippen LogP contribution in [0, 0.1) is 23.7 Å². The molecule has 0 saturated carbocycles. The lowest BCUT2D eigenvalue weighted by atomic mass is 9.71. The van der Waals surface area contributed by atoms with Crippen molar-refractivity contribution in [3.63, 3.8) is 0 Å². The highest BCUT2D eigenvalue weighted by atomic mass is 16.7. The van der Waals surface area contributed by atoms with Crippen LogP contribution < -0.4 is 0 Å². The SMILES string of the molecule is CO[C@@H]1C[C@@H](O[C@@H]2[C@@H](C)O[C@H](O[C@H]3/C(C)=C/C[C@H]4C[C@H](C[C@@]5(CC[C@@H](C)[C@H](C(C)C)O5)O4)OC(=O)[C@H]4C=C(C)[C@H](O)[C@@H]5OC/C(=C\C=C\[C@H]3C)[C@]45O)C[C@H]2OC)O[C@H](C)[C@H]1O. The molecule has 7 aliphatic rings. The molecule has 0 radical (unpaired) electrons. The Balaban J connectivity index is 1.17. The van der Waals surface area contributed by atoms with Crippen molar-refractivity contribution in [1.82, 2.24) is 0 Å². The first kappa shape index (κ1) is 46.9. The molecule has 0 aromatic heterocycles. The first-order chi connectivity index (χ1) is 29.0. The zero-order valence-corrected chi connectivity index (χ0v) is 37.8. The van der Waals surface area contributed by atoms with Gasteiger partial charge >= 0.3 is 5.97 Å². The maximum atomic E-state index is 14.3. The van der Waals surface area contributed by atoms with Gasteiger partial charge in [-0.2, -0.15) is 0 Å². The van der Waals surface area contributed by atoms with Crippen LogP contribution >= 0.6 is 0 Å². The Labute approximate surface area is 361 Å². The number of ether oxygens (including phenoxy) is 10. The Morgan fingerprint density at radius 2 is 1.59 bits per heavy atom. The van der Waals surface area contributed by atoms with Crippen LogP contribution in [0.2, 0.25) is 0 Å². The Kier molecular flexibility index (Phi) is 14.8. The number of hydrogen-bond acceptors (Lipinski definition) is 14. The summed E-state index contributed by atoms with van der Waals surface area (Å²) in [5.74, 6) is -2.15. The van der Waals surface area contributed by atoms with Gasteiger partial charge in [0.15, 0.2) is 18.4 Å². The van der Waals surface area contributed by atoms with E-state index in [2.05, 4.69) is 40.7 Å². The maximum absolute atomic E-state index is 14.3. The molecule has 0 unspecified atom stereocenters. The highest BCUT2D eigenvalue weighted by Crippen LogP contribution is 2.48. The molecule has 2 bridgehead atoms. The summed E-state index contributed by atoms with van der Waals surface area (Å²) >= 11 is 0. The van der Waals surface area contributed by atoms with Crippen LogP contribution in [0.1, 0.15) is 100 Å². The minimum atomic E-state index is -1.82. The molecule has 6 aliphatic heterocycles. The van der Waals surface area contributed by atoms with Gasteiger partial charge in [0.25, 0.3) is 0 Å². The van der Waals surface area contributed by atoms with E-state index in [-0.39, 0.29) is 36.8 Å². The highest BCUT2D eigenvalue weighted by molar-refractivity contribution is 5.78. The van der Waals surface area contributed by atoms with Gasteiger partial charge in [-0.05, 0) is 69.1 Å². The summed E-state index contributed by atoms with van der Waals surface area (Å²) in [6, 6.07) is 0. The Hall–Kier alpha value is -2.05. The molecular weight excluding hydrogens is 789 g/mol. The van der Waals surface area contributed by atoms with Gasteiger partial charge in [0.05, 0.1) is 49.3 Å². The molecule has 6 heterocycles. The average Bonchev–Trinajstić information content (AvgIpc) is 3.56. The first-order valence-corrected chi connectivity index (χ1v) is 22.6. The average molecular weight is 861 g/mol. The minimum absolute atomic E-state index is 0.0210. The van der Waals surface area contributed by atoms with Crippen LogP contribution in [0.4, 0.5) is 0 Å². The van der Waals surface area contributed by atoms with Gasteiger partial charge in [0.1, 0.15) is 42.0 Å². The van der Waals surface area contributed by atoms with Crippen LogP contribution in [0.15, 0.2) is 47.1 Å². The number of hydrogen-bond donors (Lipinski definition) is 3. The number of carbonyl (C=O) groups excluding carboxylic acids is 1. The number of carbonyl (C=O) groups is 1. The summed E-state index contributed by atoms with van der Waals surface area (Å²) < 4.78 is 63.7. The van der Waals surface area contributed by atoms with Crippen molar-refractivity contribution in [2.75, 3.05) is 20.8 Å². The lowest BCUT2D eigenvalue weighted by molar-refractivity contribution is -0.340. The standard InChI is InChI=1S/C47H72O14/c1-24(2)41-27(5)16-17-46(61-41)22-33-19-32(60-46)15-14-26(4)42(25(3)12-11-13-31-23-54-44-39(48)28(6)18-34(45(50)57-33)47(31,44)51)58-38-21-36(53-10)43(30(8)56-38)59-37-20-35(52-9)40(49)29(7)55-37/h11-14,18,24-25,27,29-30,32-44,48-49,51H,15-17,19-23H2,1-10H3/b12-11+,26-14+,31-13+/t25-,27-,29-,30-,32+,33-,34-,35-,36-,37-,38-,39+,40-,41+,42-,43-,44+,46+,47+/m1/s1. The van der Waals surface area contributed by atoms with Crippen molar-refractivity contribution in [3.8, 4) is 0 Å². The van der Waals surface area contributed by atoms with Crippen LogP contribution in [-0.4, -0.2) is 139 Å². The van der Waals surface area contributed by atoms with Gasteiger partial charge in [-0.15, -0.1) is 0 Å². The van der Waals surface area contributed by atoms with Crippen LogP contribution in [0.25, 0.3) is 0 Å². The van der Waals surface area contributed by atoms with Gasteiger partial charge in [-0.1, -0.05) is 58.1 Å². The smallest absolute Gasteiger partial charge is 0.316 e. The molecule has 0 aromatic carbocycles. The van der Waals surface area contributed by atoms with Gasteiger partial charge < -0.3 is 62.7 Å². The highest BCUT2D eigenvalue weighted by Gasteiger charge is 2.60. The van der Waals surface area contributed by atoms with E-state index in [1.54, 1.807) is 40.2 Å². The third kappa shape index (κ3) is 9.67. The van der Waals surface area contributed by atoms with Crippen LogP contribution in [-0.2, 0) is 52.2 Å². The molecule has 0 aromatic rings. The number of aliphatic hydroxyl groups excluding tert-OH is 2. The van der Waals surface area contributed by atoms with E-state index in [4.69, 9.17) is 47.4 Å². The second-order valence-corrected chi connectivity index (χ2v) is 19.2. The van der Waals surface area contributed by atoms with E-state index in [9.17, 15) is 20.1 Å². The second-order valence-electron chi connectivity index (χ2n) is 19.2. The third-order valence-electron chi connectivity index (χ3n) is 14.4. The normalized spacial score (nSPS) is 49.6. The summed E-state index contributed by atoms with van der Waals surface area (Å²) in [6.45, 7) is 16.2. The zero-order chi connectivity index (χ0) is 44.0. The van der Waals surface area contributed by atoms with E-state index in [1.807, 2.05) is 19.1 Å². The quantitative estimate of drug-likeness (QED) is 0.225. The van der Waals surface area contributed by atoms with Gasteiger partial charge in [0.2, 0.25) is 0 Å². The fourth-order valence-corrected chi connectivity index (χ4v) is 10.8. The first-order valence-electron chi connectivity index (χ1n) is 22.6. The third-order valence-corrected chi connectivity index (χ3v) is 14.4. The monoisotopic (exact) mass is 860 g/mol. The van der Waals surface area contributed by atoms with E-state index >= 15 is 0 Å². The van der Waals surface area contributed by atoms with Crippen molar-refractivity contribution in [3.05, 3.63) is 47.1 Å². The number of methoxy groups -OCH3 is 2. The summed E-state index contributed by atoms with van der Waals surface area (Å²) in [6.07, 6.45) is 5.52. The molecule has 19 atom stereocenters. The molecule has 5 saturated heterocycles. The predicted molar refractivity (Wildman–Crippen MR) is 223 cm³/mol. The molecule has 1 aliphatic carbocycles. The number of esters is 1. The van der Waals surface area contributed by atoms with Crippen LogP contribution in [0.3, 0.4) is 0 Å². The van der Waals surface area contributed by atoms with Gasteiger partial charge in [0, 0.05) is 52.2 Å². The Bertz CT molecular complexity index is 1660. The number of rotatable bonds is 7. The largest absolute Gasteiger partial charge is 0.462 e. The number of fused-ring (bicyclic) bond motifs is 2. The molecule has 14 nitrogen and oxygen atoms in total. The molecule has 7 rings (SSSR count). The maximum Gasteiger partial charge on any atom is 0.316 e. The molecule has 0 amide bonds. The molecule has 1 spiro atoms. The zero-order valence-electron chi connectivity index (χ0n) is 37.8. The molecule has 5 fully saturated rings. The summed E-state index contributed by atoms with van der Waals surface area (Å²) in [5, 5.41) is 34.2. The van der Waals surface area contributed by atoms with Crippen molar-refractivity contribution >= 4 is 5.97 Å². The molecular formula is C47H72O14. The number of aliphatic hydroxyl groups is 3. The topological polar surface area (TPSA) is 170 Å². The van der Waals surface area contributed by atoms with E-state index in [1.165, 1.54) is 0 Å².